The van der Waals surface area contributed by atoms with E-state index in [-0.39, 0.29) is 17.7 Å². The number of hydrogen-bond donors (Lipinski definition) is 1. The molecule has 2 aromatic rings. The summed E-state index contributed by atoms with van der Waals surface area (Å²) in [5, 5.41) is 4.62. The van der Waals surface area contributed by atoms with Crippen LogP contribution in [0.1, 0.15) is 28.8 Å². The van der Waals surface area contributed by atoms with E-state index in [4.69, 9.17) is 16.3 Å². The van der Waals surface area contributed by atoms with Gasteiger partial charge < -0.3 is 9.64 Å². The van der Waals surface area contributed by atoms with E-state index in [0.29, 0.717) is 36.5 Å². The van der Waals surface area contributed by atoms with Gasteiger partial charge in [0.25, 0.3) is 5.91 Å². The van der Waals surface area contributed by atoms with Crippen molar-refractivity contribution in [1.82, 2.24) is 10.3 Å². The molecule has 0 atom stereocenters. The minimum absolute atomic E-state index is 0.0342. The Morgan fingerprint density at radius 3 is 2.36 bits per heavy atom. The van der Waals surface area contributed by atoms with Crippen molar-refractivity contribution >= 4 is 29.6 Å². The molecule has 1 aliphatic rings. The summed E-state index contributed by atoms with van der Waals surface area (Å²) in [5.74, 6) is 0.458. The summed E-state index contributed by atoms with van der Waals surface area (Å²) in [5.41, 5.74) is 4.07. The van der Waals surface area contributed by atoms with Crippen molar-refractivity contribution in [3.63, 3.8) is 0 Å². The van der Waals surface area contributed by atoms with Crippen LogP contribution in [0.25, 0.3) is 0 Å². The van der Waals surface area contributed by atoms with Crippen LogP contribution < -0.4 is 10.2 Å². The fourth-order valence-corrected chi connectivity index (χ4v) is 3.20. The van der Waals surface area contributed by atoms with Crippen molar-refractivity contribution < 1.29 is 14.3 Å². The van der Waals surface area contributed by atoms with Gasteiger partial charge in [0.1, 0.15) is 5.75 Å². The monoisotopic (exact) mass is 399 g/mol. The second-order valence-corrected chi connectivity index (χ2v) is 7.02. The molecule has 1 N–H and O–H groups in total. The van der Waals surface area contributed by atoms with E-state index in [1.165, 1.54) is 0 Å². The topological polar surface area (TPSA) is 71.0 Å². The van der Waals surface area contributed by atoms with Gasteiger partial charge in [-0.2, -0.15) is 5.10 Å². The highest BCUT2D eigenvalue weighted by Crippen LogP contribution is 2.20. The molecule has 1 saturated heterocycles. The van der Waals surface area contributed by atoms with Crippen LogP contribution in [0.3, 0.4) is 0 Å². The summed E-state index contributed by atoms with van der Waals surface area (Å²) < 4.78 is 5.10. The number of nitrogens with zero attached hydrogens (tertiary/aromatic N) is 2. The number of benzene rings is 2. The minimum Gasteiger partial charge on any atom is -0.497 e. The van der Waals surface area contributed by atoms with Crippen molar-refractivity contribution in [3.8, 4) is 5.75 Å². The van der Waals surface area contributed by atoms with Gasteiger partial charge in [0.2, 0.25) is 5.91 Å². The summed E-state index contributed by atoms with van der Waals surface area (Å²) in [4.78, 5) is 26.6. The van der Waals surface area contributed by atoms with Crippen LogP contribution in [-0.2, 0) is 4.79 Å². The second kappa shape index (κ2) is 9.37. The molecule has 28 heavy (non-hydrogen) atoms. The maximum absolute atomic E-state index is 12.5. The van der Waals surface area contributed by atoms with Crippen LogP contribution in [0.4, 0.5) is 0 Å². The van der Waals surface area contributed by atoms with Crippen LogP contribution in [-0.4, -0.2) is 43.1 Å². The number of rotatable bonds is 5. The average molecular weight is 400 g/mol. The number of carbonyl (C=O) groups excluding carboxylic acids is 2. The van der Waals surface area contributed by atoms with E-state index in [1.54, 1.807) is 42.5 Å². The Labute approximate surface area is 169 Å². The van der Waals surface area contributed by atoms with Crippen molar-refractivity contribution in [2.45, 2.75) is 12.8 Å². The lowest BCUT2D eigenvalue weighted by molar-refractivity contribution is -0.126. The molecule has 2 aromatic carbocycles. The summed E-state index contributed by atoms with van der Waals surface area (Å²) in [6.07, 6.45) is 2.82. The SMILES string of the molecule is COc1ccc(/C=N\NC(=O)C2CCN(C(=O)c3ccc(Cl)cc3)CC2)cc1. The third-order valence-electron chi connectivity index (χ3n) is 4.75. The highest BCUT2D eigenvalue weighted by Gasteiger charge is 2.27. The normalized spacial score (nSPS) is 14.9. The van der Waals surface area contributed by atoms with E-state index in [0.717, 1.165) is 11.3 Å². The highest BCUT2D eigenvalue weighted by atomic mass is 35.5. The van der Waals surface area contributed by atoms with Gasteiger partial charge in [-0.05, 0) is 66.9 Å². The number of likely N-dealkylation sites (tertiary alicyclic amines) is 1. The first kappa shape index (κ1) is 19.9. The zero-order valence-electron chi connectivity index (χ0n) is 15.6. The number of amides is 2. The van der Waals surface area contributed by atoms with Crippen LogP contribution >= 0.6 is 11.6 Å². The first-order chi connectivity index (χ1) is 13.6. The van der Waals surface area contributed by atoms with Gasteiger partial charge in [-0.25, -0.2) is 5.43 Å². The Morgan fingerprint density at radius 1 is 1.11 bits per heavy atom. The molecule has 0 spiro atoms. The summed E-state index contributed by atoms with van der Waals surface area (Å²) >= 11 is 5.86. The molecule has 0 bridgehead atoms. The van der Waals surface area contributed by atoms with Crippen molar-refractivity contribution in [2.24, 2.45) is 11.0 Å². The van der Waals surface area contributed by atoms with Crippen LogP contribution in [0.15, 0.2) is 53.6 Å². The summed E-state index contributed by atoms with van der Waals surface area (Å²) in [7, 11) is 1.61. The molecule has 3 rings (SSSR count). The zero-order valence-corrected chi connectivity index (χ0v) is 16.4. The fourth-order valence-electron chi connectivity index (χ4n) is 3.07. The van der Waals surface area contributed by atoms with Gasteiger partial charge in [0, 0.05) is 29.6 Å². The molecule has 0 aliphatic carbocycles. The highest BCUT2D eigenvalue weighted by molar-refractivity contribution is 6.30. The molecule has 1 aliphatic heterocycles. The van der Waals surface area contributed by atoms with Gasteiger partial charge in [-0.15, -0.1) is 0 Å². The average Bonchev–Trinajstić information content (AvgIpc) is 2.74. The molecule has 0 aromatic heterocycles. The van der Waals surface area contributed by atoms with Crippen molar-refractivity contribution in [3.05, 3.63) is 64.7 Å². The van der Waals surface area contributed by atoms with E-state index >= 15 is 0 Å². The predicted molar refractivity (Wildman–Crippen MR) is 109 cm³/mol. The first-order valence-corrected chi connectivity index (χ1v) is 9.46. The molecular formula is C21H22ClN3O3. The molecule has 146 valence electrons. The number of ether oxygens (including phenoxy) is 1. The Balaban J connectivity index is 1.47. The van der Waals surface area contributed by atoms with Gasteiger partial charge in [-0.3, -0.25) is 9.59 Å². The summed E-state index contributed by atoms with van der Waals surface area (Å²) in [6, 6.07) is 14.2. The van der Waals surface area contributed by atoms with Crippen molar-refractivity contribution in [2.75, 3.05) is 20.2 Å². The fraction of sp³-hybridized carbons (Fsp3) is 0.286. The second-order valence-electron chi connectivity index (χ2n) is 6.58. The molecule has 6 nitrogen and oxygen atoms in total. The number of hydrogen-bond acceptors (Lipinski definition) is 4. The molecule has 0 unspecified atom stereocenters. The van der Waals surface area contributed by atoms with E-state index in [1.807, 2.05) is 24.3 Å². The standard InChI is InChI=1S/C21H22ClN3O3/c1-28-19-8-2-15(3-9-19)14-23-24-20(26)16-10-12-25(13-11-16)21(27)17-4-6-18(22)7-5-17/h2-9,14,16H,10-13H2,1H3,(H,24,26)/b23-14-. The largest absolute Gasteiger partial charge is 0.497 e. The Morgan fingerprint density at radius 2 is 1.75 bits per heavy atom. The lowest BCUT2D eigenvalue weighted by atomic mass is 9.95. The lowest BCUT2D eigenvalue weighted by Crippen LogP contribution is -2.42. The van der Waals surface area contributed by atoms with Gasteiger partial charge in [-0.1, -0.05) is 11.6 Å². The van der Waals surface area contributed by atoms with Crippen LogP contribution in [0.5, 0.6) is 5.75 Å². The van der Waals surface area contributed by atoms with Crippen molar-refractivity contribution in [1.29, 1.82) is 0 Å². The molecule has 7 heteroatoms. The first-order valence-electron chi connectivity index (χ1n) is 9.08. The molecule has 0 saturated carbocycles. The Hall–Kier alpha value is -2.86. The third-order valence-corrected chi connectivity index (χ3v) is 5.00. The van der Waals surface area contributed by atoms with Crippen LogP contribution in [0, 0.1) is 5.92 Å². The van der Waals surface area contributed by atoms with Gasteiger partial charge >= 0.3 is 0 Å². The van der Waals surface area contributed by atoms with Crippen LogP contribution in [0.2, 0.25) is 5.02 Å². The maximum Gasteiger partial charge on any atom is 0.253 e. The Bertz CT molecular complexity index is 842. The molecule has 1 heterocycles. The van der Waals surface area contributed by atoms with Gasteiger partial charge in [0.05, 0.1) is 13.3 Å². The molecule has 0 radical (unpaired) electrons. The molecule has 1 fully saturated rings. The number of methoxy groups -OCH3 is 1. The smallest absolute Gasteiger partial charge is 0.253 e. The van der Waals surface area contributed by atoms with E-state index in [2.05, 4.69) is 10.5 Å². The van der Waals surface area contributed by atoms with Gasteiger partial charge in [0.15, 0.2) is 0 Å². The third kappa shape index (κ3) is 5.10. The number of nitrogens with one attached hydrogen (secondary N) is 1. The number of carbonyl (C=O) groups is 2. The zero-order chi connectivity index (χ0) is 19.9. The quantitative estimate of drug-likeness (QED) is 0.619. The molecule has 2 amide bonds. The molecular weight excluding hydrogens is 378 g/mol. The predicted octanol–water partition coefficient (Wildman–Crippen LogP) is 3.35. The number of halogens is 1. The number of piperidine rings is 1. The Kier molecular flexibility index (Phi) is 6.66. The number of hydrazone groups is 1. The minimum atomic E-state index is -0.151. The summed E-state index contributed by atoms with van der Waals surface area (Å²) in [6.45, 7) is 1.09. The lowest BCUT2D eigenvalue weighted by Gasteiger charge is -2.31. The van der Waals surface area contributed by atoms with E-state index < -0.39 is 0 Å². The van der Waals surface area contributed by atoms with E-state index in [9.17, 15) is 9.59 Å². The maximum atomic E-state index is 12.5.